The van der Waals surface area contributed by atoms with Crippen molar-refractivity contribution in [1.29, 1.82) is 0 Å². The number of aromatic nitrogens is 2. The van der Waals surface area contributed by atoms with Gasteiger partial charge in [-0.15, -0.1) is 21.8 Å². The van der Waals surface area contributed by atoms with Gasteiger partial charge < -0.3 is 5.32 Å². The number of anilines is 1. The zero-order valence-corrected chi connectivity index (χ0v) is 17.6. The number of carbonyl (C=O) groups excluding carboxylic acids is 2. The molecule has 3 aromatic rings. The molecule has 0 radical (unpaired) electrons. The van der Waals surface area contributed by atoms with Gasteiger partial charge in [-0.05, 0) is 25.5 Å². The highest BCUT2D eigenvalue weighted by atomic mass is 35.5. The maximum Gasteiger partial charge on any atom is 0.249 e. The average molecular weight is 429 g/mol. The summed E-state index contributed by atoms with van der Waals surface area (Å²) in [5.74, 6) is -0.771. The van der Waals surface area contributed by atoms with Crippen LogP contribution in [-0.2, 0) is 16.0 Å². The van der Waals surface area contributed by atoms with Crippen molar-refractivity contribution in [2.45, 2.75) is 31.7 Å². The van der Waals surface area contributed by atoms with E-state index in [1.54, 1.807) is 6.92 Å². The average Bonchev–Trinajstić information content (AvgIpc) is 3.16. The number of carbonyl (C=O) groups is 2. The molecule has 1 heterocycles. The molecule has 8 heteroatoms. The van der Waals surface area contributed by atoms with E-state index in [2.05, 4.69) is 20.8 Å². The minimum absolute atomic E-state index is 0.339. The molecule has 0 spiro atoms. The maximum absolute atomic E-state index is 12.8. The molecule has 0 bridgehead atoms. The Balaban J connectivity index is 1.74. The van der Waals surface area contributed by atoms with Crippen LogP contribution in [0.25, 0.3) is 10.6 Å². The summed E-state index contributed by atoms with van der Waals surface area (Å²) in [4.78, 5) is 24.9. The van der Waals surface area contributed by atoms with Crippen molar-refractivity contribution in [3.8, 4) is 10.6 Å². The van der Waals surface area contributed by atoms with Crippen molar-refractivity contribution in [2.24, 2.45) is 0 Å². The van der Waals surface area contributed by atoms with Gasteiger partial charge in [0.1, 0.15) is 16.4 Å². The first-order valence-electron chi connectivity index (χ1n) is 9.12. The van der Waals surface area contributed by atoms with E-state index in [9.17, 15) is 9.59 Å². The van der Waals surface area contributed by atoms with Gasteiger partial charge in [0.05, 0.1) is 0 Å². The Morgan fingerprint density at radius 2 is 1.83 bits per heavy atom. The van der Waals surface area contributed by atoms with Crippen LogP contribution in [0.4, 0.5) is 5.13 Å². The Morgan fingerprint density at radius 3 is 2.52 bits per heavy atom. The summed E-state index contributed by atoms with van der Waals surface area (Å²) in [6.07, 6.45) is 0.339. The standard InChI is InChI=1S/C21H21ClN4O2S/c1-13-7-6-10-16(11-13)20-25-26-21(29-20)24-19(28)17(23-18(27)14(2)22)12-15-8-4-3-5-9-15/h3-11,14,17H,12H2,1-2H3,(H,23,27)(H,24,26,28). The highest BCUT2D eigenvalue weighted by molar-refractivity contribution is 7.18. The van der Waals surface area contributed by atoms with Crippen molar-refractivity contribution >= 4 is 39.9 Å². The normalized spacial score (nSPS) is 12.8. The lowest BCUT2D eigenvalue weighted by atomic mass is 10.1. The fraction of sp³-hybridized carbons (Fsp3) is 0.238. The van der Waals surface area contributed by atoms with Crippen molar-refractivity contribution in [1.82, 2.24) is 15.5 Å². The van der Waals surface area contributed by atoms with Crippen LogP contribution >= 0.6 is 22.9 Å². The lowest BCUT2D eigenvalue weighted by molar-refractivity contribution is -0.126. The molecule has 29 heavy (non-hydrogen) atoms. The van der Waals surface area contributed by atoms with Gasteiger partial charge in [0, 0.05) is 12.0 Å². The van der Waals surface area contributed by atoms with E-state index in [0.717, 1.165) is 16.7 Å². The number of nitrogens with zero attached hydrogens (tertiary/aromatic N) is 2. The van der Waals surface area contributed by atoms with Crippen LogP contribution in [0.1, 0.15) is 18.1 Å². The highest BCUT2D eigenvalue weighted by Crippen LogP contribution is 2.27. The first kappa shape index (κ1) is 21.0. The lowest BCUT2D eigenvalue weighted by Gasteiger charge is -2.18. The fourth-order valence-corrected chi connectivity index (χ4v) is 3.51. The van der Waals surface area contributed by atoms with Crippen molar-refractivity contribution in [3.05, 3.63) is 65.7 Å². The van der Waals surface area contributed by atoms with Gasteiger partial charge in [-0.1, -0.05) is 65.4 Å². The van der Waals surface area contributed by atoms with E-state index < -0.39 is 17.3 Å². The monoisotopic (exact) mass is 428 g/mol. The first-order chi connectivity index (χ1) is 13.9. The second-order valence-corrected chi connectivity index (χ2v) is 8.27. The number of amides is 2. The summed E-state index contributed by atoms with van der Waals surface area (Å²) >= 11 is 7.14. The lowest BCUT2D eigenvalue weighted by Crippen LogP contribution is -2.47. The van der Waals surface area contributed by atoms with Crippen LogP contribution in [-0.4, -0.2) is 33.4 Å². The largest absolute Gasteiger partial charge is 0.343 e. The highest BCUT2D eigenvalue weighted by Gasteiger charge is 2.24. The van der Waals surface area contributed by atoms with Gasteiger partial charge in [0.15, 0.2) is 0 Å². The number of hydrogen-bond donors (Lipinski definition) is 2. The van der Waals surface area contributed by atoms with Gasteiger partial charge in [-0.2, -0.15) is 0 Å². The van der Waals surface area contributed by atoms with Gasteiger partial charge >= 0.3 is 0 Å². The quantitative estimate of drug-likeness (QED) is 0.560. The molecule has 0 saturated carbocycles. The van der Waals surface area contributed by atoms with Crippen molar-refractivity contribution < 1.29 is 9.59 Å². The third kappa shape index (κ3) is 5.85. The molecule has 0 aliphatic carbocycles. The molecule has 3 rings (SSSR count). The smallest absolute Gasteiger partial charge is 0.249 e. The van der Waals surface area contributed by atoms with E-state index in [1.165, 1.54) is 11.3 Å². The third-order valence-electron chi connectivity index (χ3n) is 4.20. The summed E-state index contributed by atoms with van der Waals surface area (Å²) in [6, 6.07) is 16.6. The SMILES string of the molecule is Cc1cccc(-c2nnc(NC(=O)C(Cc3ccccc3)NC(=O)C(C)Cl)s2)c1. The zero-order valence-electron chi connectivity index (χ0n) is 16.1. The van der Waals surface area contributed by atoms with Crippen LogP contribution < -0.4 is 10.6 Å². The van der Waals surface area contributed by atoms with E-state index in [-0.39, 0.29) is 5.91 Å². The predicted octanol–water partition coefficient (Wildman–Crippen LogP) is 3.81. The van der Waals surface area contributed by atoms with E-state index in [4.69, 9.17) is 11.6 Å². The number of hydrogen-bond acceptors (Lipinski definition) is 5. The topological polar surface area (TPSA) is 84.0 Å². The molecule has 2 aromatic carbocycles. The number of rotatable bonds is 7. The van der Waals surface area contributed by atoms with Gasteiger partial charge in [0.25, 0.3) is 0 Å². The second kappa shape index (κ2) is 9.62. The number of nitrogens with one attached hydrogen (secondary N) is 2. The summed E-state index contributed by atoms with van der Waals surface area (Å²) in [7, 11) is 0. The van der Waals surface area contributed by atoms with Crippen molar-refractivity contribution in [2.75, 3.05) is 5.32 Å². The van der Waals surface area contributed by atoms with Gasteiger partial charge in [0.2, 0.25) is 16.9 Å². The summed E-state index contributed by atoms with van der Waals surface area (Å²) in [5.41, 5.74) is 2.98. The number of benzene rings is 2. The molecular formula is C21H21ClN4O2S. The molecule has 0 saturated heterocycles. The van der Waals surface area contributed by atoms with Gasteiger partial charge in [-0.25, -0.2) is 0 Å². The van der Waals surface area contributed by atoms with Crippen LogP contribution in [0, 0.1) is 6.92 Å². The summed E-state index contributed by atoms with van der Waals surface area (Å²) < 4.78 is 0. The summed E-state index contributed by atoms with van der Waals surface area (Å²) in [6.45, 7) is 3.56. The molecule has 0 aliphatic rings. The molecule has 2 N–H and O–H groups in total. The van der Waals surface area contributed by atoms with E-state index in [0.29, 0.717) is 16.6 Å². The third-order valence-corrected chi connectivity index (χ3v) is 5.28. The minimum atomic E-state index is -0.780. The Kier molecular flexibility index (Phi) is 6.95. The zero-order chi connectivity index (χ0) is 20.8. The van der Waals surface area contributed by atoms with E-state index >= 15 is 0 Å². The molecule has 0 fully saturated rings. The first-order valence-corrected chi connectivity index (χ1v) is 10.4. The van der Waals surface area contributed by atoms with Gasteiger partial charge in [-0.3, -0.25) is 14.9 Å². The minimum Gasteiger partial charge on any atom is -0.343 e. The van der Waals surface area contributed by atoms with E-state index in [1.807, 2.05) is 61.5 Å². The van der Waals surface area contributed by atoms with Crippen LogP contribution in [0.15, 0.2) is 54.6 Å². The molecular weight excluding hydrogens is 408 g/mol. The second-order valence-electron chi connectivity index (χ2n) is 6.64. The number of halogens is 1. The number of alkyl halides is 1. The molecule has 2 unspecified atom stereocenters. The summed E-state index contributed by atoms with van der Waals surface area (Å²) in [5, 5.41) is 14.0. The Morgan fingerprint density at radius 1 is 1.07 bits per heavy atom. The van der Waals surface area contributed by atoms with Crippen LogP contribution in [0.2, 0.25) is 0 Å². The number of aryl methyl sites for hydroxylation is 1. The van der Waals surface area contributed by atoms with Crippen LogP contribution in [0.5, 0.6) is 0 Å². The Hall–Kier alpha value is -2.77. The molecule has 0 aliphatic heterocycles. The predicted molar refractivity (Wildman–Crippen MR) is 116 cm³/mol. The Bertz CT molecular complexity index is 991. The molecule has 2 amide bonds. The molecule has 2 atom stereocenters. The maximum atomic E-state index is 12.8. The van der Waals surface area contributed by atoms with Crippen LogP contribution in [0.3, 0.4) is 0 Å². The fourth-order valence-electron chi connectivity index (χ4n) is 2.71. The molecule has 150 valence electrons. The molecule has 6 nitrogen and oxygen atoms in total. The van der Waals surface area contributed by atoms with Crippen molar-refractivity contribution in [3.63, 3.8) is 0 Å². The Labute approximate surface area is 178 Å². The molecule has 1 aromatic heterocycles.